The first kappa shape index (κ1) is 15.8. The topological polar surface area (TPSA) is 59.0 Å². The van der Waals surface area contributed by atoms with Crippen LogP contribution in [-0.4, -0.2) is 40.8 Å². The summed E-state index contributed by atoms with van der Waals surface area (Å²) in [5.41, 5.74) is 0. The Morgan fingerprint density at radius 2 is 2.24 bits per heavy atom. The minimum atomic E-state index is -4.18. The van der Waals surface area contributed by atoms with E-state index in [4.69, 9.17) is 0 Å². The lowest BCUT2D eigenvalue weighted by Crippen LogP contribution is -2.51. The van der Waals surface area contributed by atoms with E-state index < -0.39 is 18.1 Å². The molecular formula is C13H19F3N4O. The fraction of sp³-hybridized carbons (Fsp3) is 0.692. The molecule has 0 aliphatic carbocycles. The van der Waals surface area contributed by atoms with Gasteiger partial charge in [0.2, 0.25) is 5.91 Å². The standard InChI is InChI=1S/C13H19F3N4O/c14-13(15,16)10-2-3-11(19-8-10)12(21)18-4-1-6-20-7-5-17-9-20/h5,7,9-11,19H,1-4,6,8H2,(H,18,21). The van der Waals surface area contributed by atoms with E-state index in [0.29, 0.717) is 6.54 Å². The number of hydrogen-bond acceptors (Lipinski definition) is 3. The van der Waals surface area contributed by atoms with Gasteiger partial charge < -0.3 is 15.2 Å². The zero-order valence-corrected chi connectivity index (χ0v) is 11.6. The van der Waals surface area contributed by atoms with Crippen LogP contribution in [0.5, 0.6) is 0 Å². The molecule has 2 heterocycles. The Morgan fingerprint density at radius 1 is 1.43 bits per heavy atom. The molecular weight excluding hydrogens is 285 g/mol. The molecule has 1 aromatic rings. The average Bonchev–Trinajstić information content (AvgIpc) is 2.96. The molecule has 2 N–H and O–H groups in total. The van der Waals surface area contributed by atoms with Crippen LogP contribution in [0.2, 0.25) is 0 Å². The highest BCUT2D eigenvalue weighted by molar-refractivity contribution is 5.81. The zero-order chi connectivity index (χ0) is 15.3. The summed E-state index contributed by atoms with van der Waals surface area (Å²) in [5, 5.41) is 5.43. The molecule has 1 fully saturated rings. The normalized spacial score (nSPS) is 23.0. The first-order chi connectivity index (χ1) is 9.97. The van der Waals surface area contributed by atoms with Gasteiger partial charge in [-0.25, -0.2) is 4.98 Å². The molecule has 8 heteroatoms. The van der Waals surface area contributed by atoms with Gasteiger partial charge in [-0.15, -0.1) is 0 Å². The molecule has 0 saturated carbocycles. The van der Waals surface area contributed by atoms with Crippen LogP contribution in [0.3, 0.4) is 0 Å². The van der Waals surface area contributed by atoms with Gasteiger partial charge in [-0.2, -0.15) is 13.2 Å². The fourth-order valence-electron chi connectivity index (χ4n) is 2.38. The fourth-order valence-corrected chi connectivity index (χ4v) is 2.38. The minimum Gasteiger partial charge on any atom is -0.355 e. The Hall–Kier alpha value is -1.57. The third kappa shape index (κ3) is 4.73. The van der Waals surface area contributed by atoms with Crippen molar-refractivity contribution >= 4 is 5.91 Å². The third-order valence-electron chi connectivity index (χ3n) is 3.65. The van der Waals surface area contributed by atoms with Crippen molar-refractivity contribution in [1.82, 2.24) is 20.2 Å². The largest absolute Gasteiger partial charge is 0.393 e. The van der Waals surface area contributed by atoms with Crippen molar-refractivity contribution in [3.63, 3.8) is 0 Å². The molecule has 1 aliphatic rings. The van der Waals surface area contributed by atoms with Crippen molar-refractivity contribution in [2.45, 2.75) is 38.0 Å². The lowest BCUT2D eigenvalue weighted by molar-refractivity contribution is -0.180. The summed E-state index contributed by atoms with van der Waals surface area (Å²) in [7, 11) is 0. The van der Waals surface area contributed by atoms with Crippen LogP contribution in [0.25, 0.3) is 0 Å². The van der Waals surface area contributed by atoms with E-state index >= 15 is 0 Å². The summed E-state index contributed by atoms with van der Waals surface area (Å²) in [6.45, 7) is 1.06. The molecule has 1 aromatic heterocycles. The molecule has 0 aromatic carbocycles. The molecule has 21 heavy (non-hydrogen) atoms. The number of alkyl halides is 3. The summed E-state index contributed by atoms with van der Waals surface area (Å²) in [4.78, 5) is 15.8. The van der Waals surface area contributed by atoms with E-state index in [9.17, 15) is 18.0 Å². The molecule has 2 unspecified atom stereocenters. The summed E-state index contributed by atoms with van der Waals surface area (Å²) in [5.74, 6) is -1.57. The van der Waals surface area contributed by atoms with Crippen molar-refractivity contribution in [2.75, 3.05) is 13.1 Å². The monoisotopic (exact) mass is 304 g/mol. The summed E-state index contributed by atoms with van der Waals surface area (Å²) >= 11 is 0. The second kappa shape index (κ2) is 6.93. The Labute approximate surface area is 120 Å². The van der Waals surface area contributed by atoms with Crippen LogP contribution in [0.4, 0.5) is 13.2 Å². The number of carbonyl (C=O) groups excluding carboxylic acids is 1. The number of aromatic nitrogens is 2. The number of piperidine rings is 1. The lowest BCUT2D eigenvalue weighted by atomic mass is 9.94. The molecule has 1 saturated heterocycles. The van der Waals surface area contributed by atoms with Gasteiger partial charge in [0.15, 0.2) is 0 Å². The number of imidazole rings is 1. The number of hydrogen-bond donors (Lipinski definition) is 2. The molecule has 2 atom stereocenters. The van der Waals surface area contributed by atoms with E-state index in [-0.39, 0.29) is 25.3 Å². The highest BCUT2D eigenvalue weighted by Crippen LogP contribution is 2.31. The quantitative estimate of drug-likeness (QED) is 0.807. The highest BCUT2D eigenvalue weighted by atomic mass is 19.4. The molecule has 1 aliphatic heterocycles. The SMILES string of the molecule is O=C(NCCCn1ccnc1)C1CCC(C(F)(F)F)CN1. The number of aryl methyl sites for hydroxylation is 1. The first-order valence-electron chi connectivity index (χ1n) is 7.00. The maximum atomic E-state index is 12.5. The summed E-state index contributed by atoms with van der Waals surface area (Å²) < 4.78 is 39.4. The lowest BCUT2D eigenvalue weighted by Gasteiger charge is -2.30. The molecule has 118 valence electrons. The maximum absolute atomic E-state index is 12.5. The number of nitrogens with zero attached hydrogens (tertiary/aromatic N) is 2. The number of rotatable bonds is 5. The second-order valence-corrected chi connectivity index (χ2v) is 5.22. The van der Waals surface area contributed by atoms with Crippen molar-refractivity contribution < 1.29 is 18.0 Å². The smallest absolute Gasteiger partial charge is 0.355 e. The Kier molecular flexibility index (Phi) is 5.22. The average molecular weight is 304 g/mol. The van der Waals surface area contributed by atoms with Crippen molar-refractivity contribution in [1.29, 1.82) is 0 Å². The van der Waals surface area contributed by atoms with Crippen LogP contribution in [0.15, 0.2) is 18.7 Å². The maximum Gasteiger partial charge on any atom is 0.393 e. The van der Waals surface area contributed by atoms with Gasteiger partial charge in [0, 0.05) is 32.0 Å². The van der Waals surface area contributed by atoms with E-state index in [2.05, 4.69) is 15.6 Å². The Balaban J connectivity index is 1.63. The zero-order valence-electron chi connectivity index (χ0n) is 11.6. The predicted molar refractivity (Wildman–Crippen MR) is 70.4 cm³/mol. The van der Waals surface area contributed by atoms with Crippen molar-refractivity contribution in [3.8, 4) is 0 Å². The van der Waals surface area contributed by atoms with Gasteiger partial charge in [-0.3, -0.25) is 4.79 Å². The number of nitrogens with one attached hydrogen (secondary N) is 2. The Morgan fingerprint density at radius 3 is 2.81 bits per heavy atom. The van der Waals surface area contributed by atoms with Gasteiger partial charge in [0.05, 0.1) is 18.3 Å². The molecule has 2 rings (SSSR count). The molecule has 5 nitrogen and oxygen atoms in total. The van der Waals surface area contributed by atoms with Crippen LogP contribution in [0, 0.1) is 5.92 Å². The predicted octanol–water partition coefficient (Wildman–Crippen LogP) is 1.32. The van der Waals surface area contributed by atoms with Crippen LogP contribution in [0.1, 0.15) is 19.3 Å². The second-order valence-electron chi connectivity index (χ2n) is 5.22. The van der Waals surface area contributed by atoms with Gasteiger partial charge in [-0.05, 0) is 19.3 Å². The highest BCUT2D eigenvalue weighted by Gasteiger charge is 2.42. The van der Waals surface area contributed by atoms with Crippen molar-refractivity contribution in [3.05, 3.63) is 18.7 Å². The van der Waals surface area contributed by atoms with Gasteiger partial charge in [-0.1, -0.05) is 0 Å². The minimum absolute atomic E-state index is 0.00359. The van der Waals surface area contributed by atoms with E-state index in [0.717, 1.165) is 13.0 Å². The van der Waals surface area contributed by atoms with Crippen LogP contribution >= 0.6 is 0 Å². The van der Waals surface area contributed by atoms with Gasteiger partial charge in [0.1, 0.15) is 0 Å². The number of carbonyl (C=O) groups is 1. The van der Waals surface area contributed by atoms with Gasteiger partial charge in [0.25, 0.3) is 0 Å². The van der Waals surface area contributed by atoms with Crippen LogP contribution < -0.4 is 10.6 Å². The molecule has 0 bridgehead atoms. The van der Waals surface area contributed by atoms with E-state index in [1.807, 2.05) is 10.8 Å². The molecule has 0 spiro atoms. The number of halogens is 3. The van der Waals surface area contributed by atoms with Crippen molar-refractivity contribution in [2.24, 2.45) is 5.92 Å². The van der Waals surface area contributed by atoms with E-state index in [1.54, 1.807) is 12.5 Å². The van der Waals surface area contributed by atoms with Gasteiger partial charge >= 0.3 is 6.18 Å². The summed E-state index contributed by atoms with van der Waals surface area (Å²) in [6.07, 6.45) is 2.01. The summed E-state index contributed by atoms with van der Waals surface area (Å²) in [6, 6.07) is -0.517. The molecule has 1 amide bonds. The first-order valence-corrected chi connectivity index (χ1v) is 7.00. The van der Waals surface area contributed by atoms with Crippen LogP contribution in [-0.2, 0) is 11.3 Å². The van der Waals surface area contributed by atoms with E-state index in [1.165, 1.54) is 0 Å². The Bertz CT molecular complexity index is 439. The molecule has 0 radical (unpaired) electrons. The third-order valence-corrected chi connectivity index (χ3v) is 3.65. The number of amides is 1.